The van der Waals surface area contributed by atoms with Crippen LogP contribution in [0.3, 0.4) is 0 Å². The van der Waals surface area contributed by atoms with Crippen molar-refractivity contribution in [2.45, 2.75) is 13.0 Å². The summed E-state index contributed by atoms with van der Waals surface area (Å²) in [6, 6.07) is 0.316. The summed E-state index contributed by atoms with van der Waals surface area (Å²) in [5.74, 6) is 0.138. The number of rotatable bonds is 0. The molecule has 0 radical (unpaired) electrons. The molecule has 0 aromatic heterocycles. The van der Waals surface area contributed by atoms with Crippen LogP contribution in [0.15, 0.2) is 0 Å². The lowest BCUT2D eigenvalue weighted by atomic mass is 10.3. The molecule has 9 heavy (non-hydrogen) atoms. The fraction of sp³-hybridized carbons (Fsp3) is 0.833. The van der Waals surface area contributed by atoms with Crippen LogP contribution in [0.1, 0.15) is 6.92 Å². The third-order valence-corrected chi connectivity index (χ3v) is 1.28. The van der Waals surface area contributed by atoms with Crippen molar-refractivity contribution >= 4 is 5.78 Å². The van der Waals surface area contributed by atoms with Gasteiger partial charge in [0.15, 0.2) is 5.78 Å². The number of ketones is 1. The molecule has 1 rings (SSSR count). The molecule has 3 heteroatoms. The molecule has 1 atom stereocenters. The minimum absolute atomic E-state index is 0.138. The van der Waals surface area contributed by atoms with E-state index in [1.165, 1.54) is 0 Å². The standard InChI is InChI=1S/C6H11NO2/c1-5-3-9-4-6(8)2-7-5/h5,7H,2-4H2,1H3. The van der Waals surface area contributed by atoms with E-state index in [4.69, 9.17) is 4.74 Å². The van der Waals surface area contributed by atoms with E-state index in [0.29, 0.717) is 19.2 Å². The largest absolute Gasteiger partial charge is 0.372 e. The van der Waals surface area contributed by atoms with Gasteiger partial charge in [-0.3, -0.25) is 4.79 Å². The number of carbonyl (C=O) groups excluding carboxylic acids is 1. The molecular formula is C6H11NO2. The fourth-order valence-electron chi connectivity index (χ4n) is 0.748. The van der Waals surface area contributed by atoms with Crippen molar-refractivity contribution in [3.8, 4) is 0 Å². The van der Waals surface area contributed by atoms with Crippen molar-refractivity contribution in [1.82, 2.24) is 5.32 Å². The predicted molar refractivity (Wildman–Crippen MR) is 33.3 cm³/mol. The second-order valence-electron chi connectivity index (χ2n) is 2.34. The molecular weight excluding hydrogens is 118 g/mol. The molecule has 3 nitrogen and oxygen atoms in total. The Kier molecular flexibility index (Phi) is 2.19. The minimum atomic E-state index is 0.138. The van der Waals surface area contributed by atoms with E-state index in [2.05, 4.69) is 5.32 Å². The van der Waals surface area contributed by atoms with E-state index in [-0.39, 0.29) is 12.4 Å². The van der Waals surface area contributed by atoms with Gasteiger partial charge in [0.25, 0.3) is 0 Å². The lowest BCUT2D eigenvalue weighted by Gasteiger charge is -2.05. The summed E-state index contributed by atoms with van der Waals surface area (Å²) in [6.07, 6.45) is 0. The zero-order chi connectivity index (χ0) is 6.69. The van der Waals surface area contributed by atoms with Crippen LogP contribution in [0, 0.1) is 0 Å². The van der Waals surface area contributed by atoms with E-state index in [1.54, 1.807) is 0 Å². The van der Waals surface area contributed by atoms with Crippen LogP contribution < -0.4 is 5.32 Å². The summed E-state index contributed by atoms with van der Waals surface area (Å²) in [7, 11) is 0. The van der Waals surface area contributed by atoms with Crippen molar-refractivity contribution in [3.63, 3.8) is 0 Å². The highest BCUT2D eigenvalue weighted by Crippen LogP contribution is 1.89. The van der Waals surface area contributed by atoms with E-state index in [1.807, 2.05) is 6.92 Å². The number of carbonyl (C=O) groups is 1. The average molecular weight is 129 g/mol. The SMILES string of the molecule is CC1COCC(=O)CN1. The average Bonchev–Trinajstić information content (AvgIpc) is 1.97. The first-order valence-corrected chi connectivity index (χ1v) is 3.12. The van der Waals surface area contributed by atoms with Crippen molar-refractivity contribution in [1.29, 1.82) is 0 Å². The summed E-state index contributed by atoms with van der Waals surface area (Å²) in [6.45, 7) is 3.38. The predicted octanol–water partition coefficient (Wildman–Crippen LogP) is -0.436. The monoisotopic (exact) mass is 129 g/mol. The molecule has 0 spiro atoms. The first kappa shape index (κ1) is 6.71. The van der Waals surface area contributed by atoms with Gasteiger partial charge >= 0.3 is 0 Å². The molecule has 0 bridgehead atoms. The van der Waals surface area contributed by atoms with Crippen LogP contribution in [-0.4, -0.2) is 31.6 Å². The molecule has 0 aromatic carbocycles. The maximum Gasteiger partial charge on any atom is 0.172 e. The molecule has 1 saturated heterocycles. The Hall–Kier alpha value is -0.410. The van der Waals surface area contributed by atoms with Crippen molar-refractivity contribution in [3.05, 3.63) is 0 Å². The molecule has 0 aliphatic carbocycles. The van der Waals surface area contributed by atoms with Gasteiger partial charge in [-0.1, -0.05) is 0 Å². The molecule has 0 saturated carbocycles. The second-order valence-corrected chi connectivity index (χ2v) is 2.34. The van der Waals surface area contributed by atoms with Gasteiger partial charge in [-0.2, -0.15) is 0 Å². The summed E-state index contributed by atoms with van der Waals surface area (Å²) in [5.41, 5.74) is 0. The number of hydrogen-bond donors (Lipinski definition) is 1. The van der Waals surface area contributed by atoms with Crippen molar-refractivity contribution in [2.75, 3.05) is 19.8 Å². The van der Waals surface area contributed by atoms with Crippen LogP contribution in [0.25, 0.3) is 0 Å². The Bertz CT molecular complexity index is 114. The first-order valence-electron chi connectivity index (χ1n) is 3.12. The van der Waals surface area contributed by atoms with Gasteiger partial charge in [-0.15, -0.1) is 0 Å². The van der Waals surface area contributed by atoms with Gasteiger partial charge in [0.05, 0.1) is 13.2 Å². The lowest BCUT2D eigenvalue weighted by Crippen LogP contribution is -2.30. The number of ether oxygens (including phenoxy) is 1. The maximum atomic E-state index is 10.6. The molecule has 1 unspecified atom stereocenters. The molecule has 52 valence electrons. The summed E-state index contributed by atoms with van der Waals surface area (Å²) < 4.78 is 5.01. The molecule has 1 N–H and O–H groups in total. The lowest BCUT2D eigenvalue weighted by molar-refractivity contribution is -0.121. The Labute approximate surface area is 54.4 Å². The highest BCUT2D eigenvalue weighted by Gasteiger charge is 2.10. The first-order chi connectivity index (χ1) is 4.29. The third-order valence-electron chi connectivity index (χ3n) is 1.28. The normalized spacial score (nSPS) is 29.9. The fourth-order valence-corrected chi connectivity index (χ4v) is 0.748. The van der Waals surface area contributed by atoms with Gasteiger partial charge in [0, 0.05) is 6.04 Å². The van der Waals surface area contributed by atoms with Gasteiger partial charge in [0.2, 0.25) is 0 Å². The number of Topliss-reactive ketones (excluding diaryl/α,β-unsaturated/α-hetero) is 1. The van der Waals surface area contributed by atoms with Crippen LogP contribution in [0.4, 0.5) is 0 Å². The molecule has 1 aliphatic rings. The number of hydrogen-bond acceptors (Lipinski definition) is 3. The van der Waals surface area contributed by atoms with E-state index in [0.717, 1.165) is 0 Å². The van der Waals surface area contributed by atoms with Crippen LogP contribution >= 0.6 is 0 Å². The minimum Gasteiger partial charge on any atom is -0.372 e. The molecule has 1 fully saturated rings. The Morgan fingerprint density at radius 3 is 3.33 bits per heavy atom. The smallest absolute Gasteiger partial charge is 0.172 e. The highest BCUT2D eigenvalue weighted by molar-refractivity contribution is 5.81. The molecule has 0 aromatic rings. The summed E-state index contributed by atoms with van der Waals surface area (Å²) >= 11 is 0. The third kappa shape index (κ3) is 2.11. The van der Waals surface area contributed by atoms with Crippen molar-refractivity contribution in [2.24, 2.45) is 0 Å². The van der Waals surface area contributed by atoms with Gasteiger partial charge in [-0.25, -0.2) is 0 Å². The van der Waals surface area contributed by atoms with Crippen LogP contribution in [0.5, 0.6) is 0 Å². The maximum absolute atomic E-state index is 10.6. The Balaban J connectivity index is 2.34. The number of nitrogens with one attached hydrogen (secondary N) is 1. The molecule has 1 aliphatic heterocycles. The van der Waals surface area contributed by atoms with Gasteiger partial charge < -0.3 is 10.1 Å². The van der Waals surface area contributed by atoms with E-state index >= 15 is 0 Å². The van der Waals surface area contributed by atoms with Gasteiger partial charge in [0.1, 0.15) is 6.61 Å². The topological polar surface area (TPSA) is 38.3 Å². The zero-order valence-corrected chi connectivity index (χ0v) is 5.52. The Morgan fingerprint density at radius 2 is 2.56 bits per heavy atom. The van der Waals surface area contributed by atoms with Crippen LogP contribution in [-0.2, 0) is 9.53 Å². The second kappa shape index (κ2) is 2.94. The quantitative estimate of drug-likeness (QED) is 0.482. The highest BCUT2D eigenvalue weighted by atomic mass is 16.5. The molecule has 1 heterocycles. The summed E-state index contributed by atoms with van der Waals surface area (Å²) in [5, 5.41) is 3.02. The zero-order valence-electron chi connectivity index (χ0n) is 5.52. The van der Waals surface area contributed by atoms with Crippen LogP contribution in [0.2, 0.25) is 0 Å². The van der Waals surface area contributed by atoms with Crippen molar-refractivity contribution < 1.29 is 9.53 Å². The van der Waals surface area contributed by atoms with Gasteiger partial charge in [-0.05, 0) is 6.92 Å². The van der Waals surface area contributed by atoms with E-state index < -0.39 is 0 Å². The molecule has 0 amide bonds. The Morgan fingerprint density at radius 1 is 1.78 bits per heavy atom. The van der Waals surface area contributed by atoms with E-state index in [9.17, 15) is 4.79 Å². The summed E-state index contributed by atoms with van der Waals surface area (Å²) in [4.78, 5) is 10.6.